The maximum absolute atomic E-state index is 12.6. The Morgan fingerprint density at radius 2 is 2.05 bits per heavy atom. The molecule has 112 valence electrons. The van der Waals surface area contributed by atoms with Crippen molar-refractivity contribution in [2.45, 2.75) is 50.5 Å². The average molecular weight is 300 g/mol. The number of nitrogens with two attached hydrogens (primary N) is 1. The third-order valence-electron chi connectivity index (χ3n) is 3.75. The van der Waals surface area contributed by atoms with E-state index in [1.165, 1.54) is 6.92 Å². The minimum atomic E-state index is -3.97. The van der Waals surface area contributed by atoms with E-state index in [4.69, 9.17) is 5.14 Å². The number of aromatic nitrogens is 2. The van der Waals surface area contributed by atoms with Gasteiger partial charge < -0.3 is 4.90 Å². The van der Waals surface area contributed by atoms with Crippen molar-refractivity contribution in [1.82, 2.24) is 15.1 Å². The highest BCUT2D eigenvalue weighted by Gasteiger charge is 2.32. The topological polar surface area (TPSA) is 109 Å². The Morgan fingerprint density at radius 1 is 1.45 bits per heavy atom. The highest BCUT2D eigenvalue weighted by Crippen LogP contribution is 2.26. The zero-order valence-electron chi connectivity index (χ0n) is 11.7. The molecular formula is C12H20N4O3S. The Labute approximate surface area is 118 Å². The molecule has 3 N–H and O–H groups in total. The van der Waals surface area contributed by atoms with Crippen molar-refractivity contribution in [2.24, 2.45) is 5.14 Å². The van der Waals surface area contributed by atoms with Crippen LogP contribution in [0.15, 0.2) is 4.90 Å². The second kappa shape index (κ2) is 5.53. The highest BCUT2D eigenvalue weighted by atomic mass is 32.2. The number of nitrogens with one attached hydrogen (secondary N) is 1. The largest absolute Gasteiger partial charge is 0.335 e. The number of carbonyl (C=O) groups excluding carboxylic acids is 1. The van der Waals surface area contributed by atoms with E-state index >= 15 is 0 Å². The smallest absolute Gasteiger partial charge is 0.276 e. The first kappa shape index (κ1) is 15.0. The van der Waals surface area contributed by atoms with E-state index in [-0.39, 0.29) is 22.5 Å². The van der Waals surface area contributed by atoms with Gasteiger partial charge in [-0.3, -0.25) is 9.89 Å². The molecule has 1 aromatic rings. The molecule has 0 aromatic carbocycles. The molecule has 0 saturated heterocycles. The standard InChI is InChI=1S/C12H20N4O3S/c1-3-16(9-6-4-5-7-9)12(17)10-11(20(13,18)19)8(2)14-15-10/h9H,3-7H2,1-2H3,(H,14,15)(H2,13,18,19). The van der Waals surface area contributed by atoms with Crippen LogP contribution in [0.4, 0.5) is 0 Å². The van der Waals surface area contributed by atoms with E-state index in [1.54, 1.807) is 4.90 Å². The van der Waals surface area contributed by atoms with Gasteiger partial charge in [-0.2, -0.15) is 5.10 Å². The van der Waals surface area contributed by atoms with E-state index in [0.717, 1.165) is 25.7 Å². The van der Waals surface area contributed by atoms with Gasteiger partial charge in [0.05, 0.1) is 5.69 Å². The first-order valence-corrected chi connectivity index (χ1v) is 8.29. The minimum absolute atomic E-state index is 0.0984. The van der Waals surface area contributed by atoms with Gasteiger partial charge in [0, 0.05) is 12.6 Å². The fourth-order valence-corrected chi connectivity index (χ4v) is 3.71. The summed E-state index contributed by atoms with van der Waals surface area (Å²) in [6.45, 7) is 3.95. The quantitative estimate of drug-likeness (QED) is 0.855. The van der Waals surface area contributed by atoms with Crippen molar-refractivity contribution < 1.29 is 13.2 Å². The van der Waals surface area contributed by atoms with Crippen LogP contribution in [0.25, 0.3) is 0 Å². The van der Waals surface area contributed by atoms with Crippen molar-refractivity contribution in [2.75, 3.05) is 6.54 Å². The van der Waals surface area contributed by atoms with Crippen molar-refractivity contribution in [3.8, 4) is 0 Å². The van der Waals surface area contributed by atoms with Crippen LogP contribution in [0.3, 0.4) is 0 Å². The molecule has 1 fully saturated rings. The van der Waals surface area contributed by atoms with E-state index in [1.807, 2.05) is 6.92 Å². The summed E-state index contributed by atoms with van der Waals surface area (Å²) in [4.78, 5) is 14.1. The Kier molecular flexibility index (Phi) is 4.14. The van der Waals surface area contributed by atoms with Crippen LogP contribution in [0, 0.1) is 6.92 Å². The molecule has 0 radical (unpaired) electrons. The number of aryl methyl sites for hydroxylation is 1. The lowest BCUT2D eigenvalue weighted by atomic mass is 10.2. The van der Waals surface area contributed by atoms with Crippen LogP contribution >= 0.6 is 0 Å². The molecule has 1 heterocycles. The Bertz CT molecular complexity index is 602. The number of hydrogen-bond acceptors (Lipinski definition) is 4. The summed E-state index contributed by atoms with van der Waals surface area (Å²) in [6.07, 6.45) is 4.09. The third kappa shape index (κ3) is 2.71. The number of rotatable bonds is 4. The van der Waals surface area contributed by atoms with Crippen LogP contribution in [-0.4, -0.2) is 42.0 Å². The lowest BCUT2D eigenvalue weighted by molar-refractivity contribution is 0.0683. The molecule has 1 aliphatic carbocycles. The number of sulfonamides is 1. The molecule has 1 aliphatic rings. The van der Waals surface area contributed by atoms with Crippen LogP contribution in [-0.2, 0) is 10.0 Å². The monoisotopic (exact) mass is 300 g/mol. The predicted octanol–water partition coefficient (Wildman–Crippen LogP) is 0.770. The highest BCUT2D eigenvalue weighted by molar-refractivity contribution is 7.89. The number of amides is 1. The number of aromatic amines is 1. The first-order chi connectivity index (χ1) is 9.36. The van der Waals surface area contributed by atoms with Gasteiger partial charge in [0.15, 0.2) is 5.69 Å². The van der Waals surface area contributed by atoms with E-state index < -0.39 is 10.0 Å². The number of H-pyrrole nitrogens is 1. The maximum atomic E-state index is 12.6. The molecule has 8 heteroatoms. The number of nitrogens with zero attached hydrogens (tertiary/aromatic N) is 2. The molecule has 1 saturated carbocycles. The summed E-state index contributed by atoms with van der Waals surface area (Å²) in [6, 6.07) is 0.165. The SMILES string of the molecule is CCN(C(=O)c1n[nH]c(C)c1S(N)(=O)=O)C1CCCC1. The molecule has 2 rings (SSSR count). The summed E-state index contributed by atoms with van der Waals surface area (Å²) >= 11 is 0. The predicted molar refractivity (Wildman–Crippen MR) is 73.7 cm³/mol. The van der Waals surface area contributed by atoms with Gasteiger partial charge in [0.1, 0.15) is 4.90 Å². The Morgan fingerprint density at radius 3 is 2.55 bits per heavy atom. The lowest BCUT2D eigenvalue weighted by Gasteiger charge is -2.27. The van der Waals surface area contributed by atoms with E-state index in [9.17, 15) is 13.2 Å². The maximum Gasteiger partial charge on any atom is 0.276 e. The molecule has 1 aromatic heterocycles. The van der Waals surface area contributed by atoms with Gasteiger partial charge in [0.25, 0.3) is 5.91 Å². The van der Waals surface area contributed by atoms with E-state index in [0.29, 0.717) is 12.2 Å². The van der Waals surface area contributed by atoms with Gasteiger partial charge in [-0.15, -0.1) is 0 Å². The fourth-order valence-electron chi connectivity index (χ4n) is 2.83. The van der Waals surface area contributed by atoms with Gasteiger partial charge >= 0.3 is 0 Å². The number of hydrogen-bond donors (Lipinski definition) is 2. The van der Waals surface area contributed by atoms with Crippen LogP contribution < -0.4 is 5.14 Å². The summed E-state index contributed by atoms with van der Waals surface area (Å²) < 4.78 is 23.2. The van der Waals surface area contributed by atoms with Crippen molar-refractivity contribution in [3.63, 3.8) is 0 Å². The van der Waals surface area contributed by atoms with Crippen molar-refractivity contribution >= 4 is 15.9 Å². The minimum Gasteiger partial charge on any atom is -0.335 e. The molecular weight excluding hydrogens is 280 g/mol. The third-order valence-corrected chi connectivity index (χ3v) is 4.81. The average Bonchev–Trinajstić information content (AvgIpc) is 2.98. The zero-order chi connectivity index (χ0) is 14.9. The summed E-state index contributed by atoms with van der Waals surface area (Å²) in [5, 5.41) is 11.6. The first-order valence-electron chi connectivity index (χ1n) is 6.75. The lowest BCUT2D eigenvalue weighted by Crippen LogP contribution is -2.39. The van der Waals surface area contributed by atoms with E-state index in [2.05, 4.69) is 10.2 Å². The van der Waals surface area contributed by atoms with Crippen LogP contribution in [0.2, 0.25) is 0 Å². The molecule has 7 nitrogen and oxygen atoms in total. The number of primary sulfonamides is 1. The summed E-state index contributed by atoms with van der Waals surface area (Å²) in [5.74, 6) is -0.368. The number of carbonyl (C=O) groups is 1. The second-order valence-corrected chi connectivity index (χ2v) is 6.60. The Balaban J connectivity index is 2.38. The van der Waals surface area contributed by atoms with Crippen molar-refractivity contribution in [3.05, 3.63) is 11.4 Å². The molecule has 0 aliphatic heterocycles. The normalized spacial score (nSPS) is 16.6. The van der Waals surface area contributed by atoms with Gasteiger partial charge in [-0.1, -0.05) is 12.8 Å². The van der Waals surface area contributed by atoms with Crippen LogP contribution in [0.1, 0.15) is 48.8 Å². The molecule has 0 atom stereocenters. The Hall–Kier alpha value is -1.41. The molecule has 20 heavy (non-hydrogen) atoms. The fraction of sp³-hybridized carbons (Fsp3) is 0.667. The van der Waals surface area contributed by atoms with Gasteiger partial charge in [-0.25, -0.2) is 13.6 Å². The second-order valence-electron chi connectivity index (χ2n) is 5.10. The zero-order valence-corrected chi connectivity index (χ0v) is 12.5. The summed E-state index contributed by atoms with van der Waals surface area (Å²) in [7, 11) is -3.97. The molecule has 0 bridgehead atoms. The van der Waals surface area contributed by atoms with Gasteiger partial charge in [-0.05, 0) is 26.7 Å². The molecule has 0 spiro atoms. The molecule has 0 unspecified atom stereocenters. The van der Waals surface area contributed by atoms with Crippen LogP contribution in [0.5, 0.6) is 0 Å². The summed E-state index contributed by atoms with van der Waals surface area (Å²) in [5.41, 5.74) is 0.192. The van der Waals surface area contributed by atoms with Gasteiger partial charge in [0.2, 0.25) is 10.0 Å². The van der Waals surface area contributed by atoms with Crippen molar-refractivity contribution in [1.29, 1.82) is 0 Å². The molecule has 1 amide bonds.